The molecule has 7 nitrogen and oxygen atoms in total. The van der Waals surface area contributed by atoms with Crippen LogP contribution in [0.1, 0.15) is 13.3 Å². The summed E-state index contributed by atoms with van der Waals surface area (Å²) in [5.41, 5.74) is 5.39. The van der Waals surface area contributed by atoms with E-state index in [4.69, 9.17) is 26.8 Å². The molecular formula is C15H22ClN3O4. The van der Waals surface area contributed by atoms with E-state index in [1.54, 1.807) is 19.1 Å². The summed E-state index contributed by atoms with van der Waals surface area (Å²) in [6, 6.07) is 6.61. The molecule has 0 radical (unpaired) electrons. The fraction of sp³-hybridized carbons (Fsp3) is 0.467. The molecule has 0 unspecified atom stereocenters. The van der Waals surface area contributed by atoms with E-state index >= 15 is 0 Å². The lowest BCUT2D eigenvalue weighted by atomic mass is 10.3. The van der Waals surface area contributed by atoms with Crippen LogP contribution < -0.4 is 15.8 Å². The predicted octanol–water partition coefficient (Wildman–Crippen LogP) is 2.24. The molecule has 1 aromatic rings. The van der Waals surface area contributed by atoms with Crippen LogP contribution in [0.2, 0.25) is 5.02 Å². The highest BCUT2D eigenvalue weighted by molar-refractivity contribution is 6.32. The van der Waals surface area contributed by atoms with Crippen molar-refractivity contribution in [2.45, 2.75) is 13.3 Å². The summed E-state index contributed by atoms with van der Waals surface area (Å²) in [6.07, 6.45) is -0.140. The molecule has 1 rings (SSSR count). The summed E-state index contributed by atoms with van der Waals surface area (Å²) in [5.74, 6) is 0.594. The molecule has 128 valence electrons. The number of nitrogens with two attached hydrogens (primary N) is 1. The quantitative estimate of drug-likeness (QED) is 0.706. The van der Waals surface area contributed by atoms with Gasteiger partial charge in [-0.05, 0) is 25.5 Å². The van der Waals surface area contributed by atoms with Crippen LogP contribution in [0.5, 0.6) is 5.75 Å². The van der Waals surface area contributed by atoms with Crippen molar-refractivity contribution in [3.8, 4) is 5.75 Å². The number of urea groups is 1. The number of carbonyl (C=O) groups excluding carboxylic acids is 2. The van der Waals surface area contributed by atoms with Crippen molar-refractivity contribution in [1.82, 2.24) is 10.2 Å². The van der Waals surface area contributed by atoms with E-state index in [2.05, 4.69) is 5.32 Å². The van der Waals surface area contributed by atoms with E-state index in [0.717, 1.165) is 4.90 Å². The van der Waals surface area contributed by atoms with Crippen LogP contribution in [-0.2, 0) is 4.74 Å². The average Bonchev–Trinajstić information content (AvgIpc) is 2.53. The molecular weight excluding hydrogens is 322 g/mol. The lowest BCUT2D eigenvalue weighted by Crippen LogP contribution is -2.46. The predicted molar refractivity (Wildman–Crippen MR) is 87.7 cm³/mol. The molecule has 0 bridgehead atoms. The van der Waals surface area contributed by atoms with Crippen LogP contribution in [0.15, 0.2) is 24.3 Å². The Morgan fingerprint density at radius 3 is 2.74 bits per heavy atom. The number of halogens is 1. The maximum atomic E-state index is 11.9. The van der Waals surface area contributed by atoms with Gasteiger partial charge in [0.15, 0.2) is 0 Å². The van der Waals surface area contributed by atoms with Gasteiger partial charge in [0, 0.05) is 19.6 Å². The minimum Gasteiger partial charge on any atom is -0.492 e. The number of para-hydroxylation sites is 1. The largest absolute Gasteiger partial charge is 0.492 e. The Kier molecular flexibility index (Phi) is 8.86. The van der Waals surface area contributed by atoms with Gasteiger partial charge in [0.1, 0.15) is 5.75 Å². The van der Waals surface area contributed by atoms with Crippen molar-refractivity contribution < 1.29 is 19.1 Å². The lowest BCUT2D eigenvalue weighted by Gasteiger charge is -2.19. The van der Waals surface area contributed by atoms with Gasteiger partial charge >= 0.3 is 12.1 Å². The summed E-state index contributed by atoms with van der Waals surface area (Å²) >= 11 is 5.96. The number of hydrogen-bond acceptors (Lipinski definition) is 5. The van der Waals surface area contributed by atoms with Gasteiger partial charge in [0.25, 0.3) is 0 Å². The van der Waals surface area contributed by atoms with E-state index < -0.39 is 12.1 Å². The minimum absolute atomic E-state index is 0.0980. The van der Waals surface area contributed by atoms with Gasteiger partial charge in [-0.25, -0.2) is 14.5 Å². The van der Waals surface area contributed by atoms with E-state index in [1.807, 2.05) is 12.1 Å². The van der Waals surface area contributed by atoms with Crippen molar-refractivity contribution in [2.75, 3.05) is 32.8 Å². The Labute approximate surface area is 140 Å². The Morgan fingerprint density at radius 2 is 2.09 bits per heavy atom. The summed E-state index contributed by atoms with van der Waals surface area (Å²) in [6.45, 7) is 2.87. The molecule has 0 atom stereocenters. The standard InChI is InChI=1S/C15H22ClN3O4/c1-2-22-15(21)19(10-8-17)14(20)18-9-5-11-23-13-7-4-3-6-12(13)16/h3-4,6-7H,2,5,8-11,17H2,1H3,(H,18,20). The molecule has 0 aliphatic carbocycles. The molecule has 0 aromatic heterocycles. The topological polar surface area (TPSA) is 93.9 Å². The fourth-order valence-corrected chi connectivity index (χ4v) is 1.90. The average molecular weight is 344 g/mol. The lowest BCUT2D eigenvalue weighted by molar-refractivity contribution is 0.115. The number of hydrogen-bond donors (Lipinski definition) is 2. The van der Waals surface area contributed by atoms with Gasteiger partial charge in [-0.15, -0.1) is 0 Å². The summed E-state index contributed by atoms with van der Waals surface area (Å²) in [5, 5.41) is 3.16. The maximum Gasteiger partial charge on any atom is 0.418 e. The molecule has 3 amide bonds. The first kappa shape index (κ1) is 19.1. The zero-order chi connectivity index (χ0) is 17.1. The van der Waals surface area contributed by atoms with E-state index in [1.165, 1.54) is 0 Å². The summed E-state index contributed by atoms with van der Waals surface area (Å²) < 4.78 is 10.3. The summed E-state index contributed by atoms with van der Waals surface area (Å²) in [7, 11) is 0. The SMILES string of the molecule is CCOC(=O)N(CCN)C(=O)NCCCOc1ccccc1Cl. The number of rotatable bonds is 8. The number of nitrogens with one attached hydrogen (secondary N) is 1. The first-order valence-electron chi connectivity index (χ1n) is 7.39. The van der Waals surface area contributed by atoms with Crippen molar-refractivity contribution in [1.29, 1.82) is 0 Å². The van der Waals surface area contributed by atoms with Crippen molar-refractivity contribution in [3.05, 3.63) is 29.3 Å². The van der Waals surface area contributed by atoms with Gasteiger partial charge in [-0.3, -0.25) is 0 Å². The van der Waals surface area contributed by atoms with Crippen molar-refractivity contribution >= 4 is 23.7 Å². The van der Waals surface area contributed by atoms with Gasteiger partial charge < -0.3 is 20.5 Å². The minimum atomic E-state index is -0.706. The zero-order valence-corrected chi connectivity index (χ0v) is 13.8. The second-order valence-corrected chi connectivity index (χ2v) is 4.91. The third kappa shape index (κ3) is 6.75. The van der Waals surface area contributed by atoms with Crippen LogP contribution in [0, 0.1) is 0 Å². The Balaban J connectivity index is 2.31. The number of imide groups is 1. The first-order chi connectivity index (χ1) is 11.1. The number of ether oxygens (including phenoxy) is 2. The van der Waals surface area contributed by atoms with Crippen molar-refractivity contribution in [2.24, 2.45) is 5.73 Å². The molecule has 0 saturated carbocycles. The number of nitrogens with zero attached hydrogens (tertiary/aromatic N) is 1. The van der Waals surface area contributed by atoms with Gasteiger partial charge in [0.05, 0.1) is 18.2 Å². The van der Waals surface area contributed by atoms with Crippen LogP contribution in [0.4, 0.5) is 9.59 Å². The van der Waals surface area contributed by atoms with Crippen LogP contribution in [-0.4, -0.2) is 49.9 Å². The van der Waals surface area contributed by atoms with Gasteiger partial charge in [-0.1, -0.05) is 23.7 Å². The zero-order valence-electron chi connectivity index (χ0n) is 13.1. The smallest absolute Gasteiger partial charge is 0.418 e. The third-order valence-corrected chi connectivity index (χ3v) is 3.09. The van der Waals surface area contributed by atoms with Crippen molar-refractivity contribution in [3.63, 3.8) is 0 Å². The molecule has 0 spiro atoms. The number of amides is 3. The molecule has 3 N–H and O–H groups in total. The molecule has 23 heavy (non-hydrogen) atoms. The number of carbonyl (C=O) groups is 2. The Bertz CT molecular complexity index is 513. The Hall–Kier alpha value is -1.99. The molecule has 8 heteroatoms. The Morgan fingerprint density at radius 1 is 1.35 bits per heavy atom. The monoisotopic (exact) mass is 343 g/mol. The van der Waals surface area contributed by atoms with Gasteiger partial charge in [0.2, 0.25) is 0 Å². The molecule has 0 aliphatic heterocycles. The second-order valence-electron chi connectivity index (χ2n) is 4.50. The second kappa shape index (κ2) is 10.7. The molecule has 0 fully saturated rings. The summed E-state index contributed by atoms with van der Waals surface area (Å²) in [4.78, 5) is 24.5. The fourth-order valence-electron chi connectivity index (χ4n) is 1.71. The van der Waals surface area contributed by atoms with Gasteiger partial charge in [-0.2, -0.15) is 0 Å². The molecule has 0 saturated heterocycles. The molecule has 0 heterocycles. The normalized spacial score (nSPS) is 10.0. The first-order valence-corrected chi connectivity index (χ1v) is 7.77. The third-order valence-electron chi connectivity index (χ3n) is 2.78. The molecule has 0 aliphatic rings. The van der Waals surface area contributed by atoms with Crippen LogP contribution in [0.25, 0.3) is 0 Å². The highest BCUT2D eigenvalue weighted by Gasteiger charge is 2.21. The maximum absolute atomic E-state index is 11.9. The van der Waals surface area contributed by atoms with E-state index in [0.29, 0.717) is 30.3 Å². The highest BCUT2D eigenvalue weighted by atomic mass is 35.5. The molecule has 1 aromatic carbocycles. The van der Waals surface area contributed by atoms with E-state index in [9.17, 15) is 9.59 Å². The van der Waals surface area contributed by atoms with Crippen LogP contribution >= 0.6 is 11.6 Å². The van der Waals surface area contributed by atoms with Crippen LogP contribution in [0.3, 0.4) is 0 Å². The van der Waals surface area contributed by atoms with E-state index in [-0.39, 0.29) is 19.7 Å². The number of benzene rings is 1. The highest BCUT2D eigenvalue weighted by Crippen LogP contribution is 2.22.